The summed E-state index contributed by atoms with van der Waals surface area (Å²) < 4.78 is 14.1. The van der Waals surface area contributed by atoms with E-state index >= 15 is 0 Å². The first-order chi connectivity index (χ1) is 7.74. The van der Waals surface area contributed by atoms with E-state index in [9.17, 15) is 4.39 Å². The Morgan fingerprint density at radius 2 is 1.56 bits per heavy atom. The summed E-state index contributed by atoms with van der Waals surface area (Å²) in [4.78, 5) is 0. The van der Waals surface area contributed by atoms with E-state index in [1.807, 2.05) is 42.5 Å². The van der Waals surface area contributed by atoms with Crippen molar-refractivity contribution < 1.29 is 4.39 Å². The second-order valence-corrected chi connectivity index (χ2v) is 4.69. The third-order valence-electron chi connectivity index (χ3n) is 2.19. The predicted octanol–water partition coefficient (Wildman–Crippen LogP) is 4.60. The molecule has 0 aliphatic heterocycles. The van der Waals surface area contributed by atoms with Gasteiger partial charge in [-0.15, -0.1) is 0 Å². The molecular weight excluding hydrogens is 314 g/mol. The Hall–Kier alpha value is -1.16. The molecule has 0 spiro atoms. The molecular formula is C14H10FI. The molecule has 0 heterocycles. The van der Waals surface area contributed by atoms with Gasteiger partial charge in [-0.25, -0.2) is 4.39 Å². The van der Waals surface area contributed by atoms with Crippen LogP contribution in [0.3, 0.4) is 0 Å². The van der Waals surface area contributed by atoms with Crippen LogP contribution in [0.15, 0.2) is 48.5 Å². The van der Waals surface area contributed by atoms with Crippen LogP contribution in [0.1, 0.15) is 11.1 Å². The fourth-order valence-electron chi connectivity index (χ4n) is 1.38. The second-order valence-electron chi connectivity index (χ2n) is 3.44. The van der Waals surface area contributed by atoms with E-state index < -0.39 is 0 Å². The van der Waals surface area contributed by atoms with Crippen molar-refractivity contribution >= 4 is 34.7 Å². The van der Waals surface area contributed by atoms with Gasteiger partial charge in [0, 0.05) is 3.57 Å². The first-order valence-electron chi connectivity index (χ1n) is 4.93. The number of rotatable bonds is 2. The lowest BCUT2D eigenvalue weighted by Crippen LogP contribution is -1.76. The largest absolute Gasteiger partial charge is 0.207 e. The standard InChI is InChI=1S/C14H10FI/c15-13-3-1-2-12(10-13)5-4-11-6-8-14(16)9-7-11/h1-10H/b5-4+. The molecule has 0 fully saturated rings. The summed E-state index contributed by atoms with van der Waals surface area (Å²) in [6.07, 6.45) is 3.89. The molecule has 0 saturated heterocycles. The molecule has 2 aromatic carbocycles. The Labute approximate surface area is 108 Å². The fraction of sp³-hybridized carbons (Fsp3) is 0. The Balaban J connectivity index is 2.18. The zero-order chi connectivity index (χ0) is 11.4. The molecule has 16 heavy (non-hydrogen) atoms. The summed E-state index contributed by atoms with van der Waals surface area (Å²) in [6, 6.07) is 14.7. The van der Waals surface area contributed by atoms with Gasteiger partial charge in [0.2, 0.25) is 0 Å². The maximum atomic E-state index is 12.9. The van der Waals surface area contributed by atoms with Crippen molar-refractivity contribution in [2.75, 3.05) is 0 Å². The van der Waals surface area contributed by atoms with Crippen molar-refractivity contribution in [3.8, 4) is 0 Å². The summed E-state index contributed by atoms with van der Waals surface area (Å²) in [5, 5.41) is 0. The molecule has 0 unspecified atom stereocenters. The molecule has 2 aromatic rings. The maximum Gasteiger partial charge on any atom is 0.123 e. The lowest BCUT2D eigenvalue weighted by Gasteiger charge is -1.95. The number of hydrogen-bond donors (Lipinski definition) is 0. The average Bonchev–Trinajstić information content (AvgIpc) is 2.28. The number of hydrogen-bond acceptors (Lipinski definition) is 0. The van der Waals surface area contributed by atoms with Crippen LogP contribution in [0, 0.1) is 9.39 Å². The molecule has 80 valence electrons. The van der Waals surface area contributed by atoms with Crippen LogP contribution < -0.4 is 0 Å². The van der Waals surface area contributed by atoms with Gasteiger partial charge in [-0.3, -0.25) is 0 Å². The van der Waals surface area contributed by atoms with E-state index in [1.54, 1.807) is 6.07 Å². The molecule has 2 heteroatoms. The monoisotopic (exact) mass is 324 g/mol. The molecule has 0 saturated carbocycles. The highest BCUT2D eigenvalue weighted by atomic mass is 127. The molecule has 0 N–H and O–H groups in total. The highest BCUT2D eigenvalue weighted by Gasteiger charge is 1.91. The van der Waals surface area contributed by atoms with Gasteiger partial charge >= 0.3 is 0 Å². The van der Waals surface area contributed by atoms with Crippen molar-refractivity contribution in [1.29, 1.82) is 0 Å². The van der Waals surface area contributed by atoms with Crippen LogP contribution in [-0.4, -0.2) is 0 Å². The maximum absolute atomic E-state index is 12.9. The first kappa shape index (κ1) is 11.3. The summed E-state index contributed by atoms with van der Waals surface area (Å²) >= 11 is 2.27. The number of halogens is 2. The summed E-state index contributed by atoms with van der Waals surface area (Å²) in [6.45, 7) is 0. The highest BCUT2D eigenvalue weighted by Crippen LogP contribution is 2.11. The van der Waals surface area contributed by atoms with Crippen LogP contribution in [0.2, 0.25) is 0 Å². The minimum Gasteiger partial charge on any atom is -0.207 e. The van der Waals surface area contributed by atoms with Gasteiger partial charge in [0.05, 0.1) is 0 Å². The van der Waals surface area contributed by atoms with Gasteiger partial charge in [0.25, 0.3) is 0 Å². The van der Waals surface area contributed by atoms with Crippen LogP contribution >= 0.6 is 22.6 Å². The van der Waals surface area contributed by atoms with Gasteiger partial charge in [0.15, 0.2) is 0 Å². The quantitative estimate of drug-likeness (QED) is 0.559. The van der Waals surface area contributed by atoms with Gasteiger partial charge < -0.3 is 0 Å². The molecule has 0 radical (unpaired) electrons. The van der Waals surface area contributed by atoms with Crippen LogP contribution in [-0.2, 0) is 0 Å². The van der Waals surface area contributed by atoms with Gasteiger partial charge in [-0.05, 0) is 58.0 Å². The van der Waals surface area contributed by atoms with Gasteiger partial charge in [-0.2, -0.15) is 0 Å². The van der Waals surface area contributed by atoms with Crippen molar-refractivity contribution in [3.63, 3.8) is 0 Å². The Kier molecular flexibility index (Phi) is 3.72. The lowest BCUT2D eigenvalue weighted by molar-refractivity contribution is 0.627. The Bertz CT molecular complexity index is 500. The molecule has 2 rings (SSSR count). The molecule has 0 bridgehead atoms. The van der Waals surface area contributed by atoms with E-state index in [0.29, 0.717) is 0 Å². The normalized spacial score (nSPS) is 10.9. The third-order valence-corrected chi connectivity index (χ3v) is 2.91. The summed E-state index contributed by atoms with van der Waals surface area (Å²) in [7, 11) is 0. The predicted molar refractivity (Wildman–Crippen MR) is 74.5 cm³/mol. The van der Waals surface area contributed by atoms with E-state index in [-0.39, 0.29) is 5.82 Å². The van der Waals surface area contributed by atoms with Gasteiger partial charge in [0.1, 0.15) is 5.82 Å². The molecule has 0 aromatic heterocycles. The van der Waals surface area contributed by atoms with Crippen molar-refractivity contribution in [2.45, 2.75) is 0 Å². The van der Waals surface area contributed by atoms with E-state index in [4.69, 9.17) is 0 Å². The zero-order valence-electron chi connectivity index (χ0n) is 8.53. The van der Waals surface area contributed by atoms with Crippen LogP contribution in [0.4, 0.5) is 4.39 Å². The molecule has 0 aliphatic carbocycles. The Morgan fingerprint density at radius 1 is 0.875 bits per heavy atom. The highest BCUT2D eigenvalue weighted by molar-refractivity contribution is 14.1. The lowest BCUT2D eigenvalue weighted by atomic mass is 10.1. The van der Waals surface area contributed by atoms with Crippen molar-refractivity contribution in [3.05, 3.63) is 69.0 Å². The second kappa shape index (κ2) is 5.25. The minimum absolute atomic E-state index is 0.204. The molecule has 0 amide bonds. The smallest absolute Gasteiger partial charge is 0.123 e. The van der Waals surface area contributed by atoms with E-state index in [1.165, 1.54) is 15.7 Å². The van der Waals surface area contributed by atoms with E-state index in [2.05, 4.69) is 22.6 Å². The topological polar surface area (TPSA) is 0 Å². The SMILES string of the molecule is Fc1cccc(/C=C/c2ccc(I)cc2)c1. The van der Waals surface area contributed by atoms with Crippen molar-refractivity contribution in [1.82, 2.24) is 0 Å². The molecule has 0 nitrogen and oxygen atoms in total. The number of benzene rings is 2. The van der Waals surface area contributed by atoms with Crippen LogP contribution in [0.25, 0.3) is 12.2 Å². The third kappa shape index (κ3) is 3.17. The average molecular weight is 324 g/mol. The zero-order valence-corrected chi connectivity index (χ0v) is 10.7. The molecule has 0 aliphatic rings. The van der Waals surface area contributed by atoms with Crippen molar-refractivity contribution in [2.24, 2.45) is 0 Å². The fourth-order valence-corrected chi connectivity index (χ4v) is 1.74. The first-order valence-corrected chi connectivity index (χ1v) is 6.01. The molecule has 0 atom stereocenters. The summed E-state index contributed by atoms with van der Waals surface area (Å²) in [5.74, 6) is -0.204. The van der Waals surface area contributed by atoms with Gasteiger partial charge in [-0.1, -0.05) is 36.4 Å². The minimum atomic E-state index is -0.204. The Morgan fingerprint density at radius 3 is 2.25 bits per heavy atom. The van der Waals surface area contributed by atoms with Crippen LogP contribution in [0.5, 0.6) is 0 Å². The summed E-state index contributed by atoms with van der Waals surface area (Å²) in [5.41, 5.74) is 1.99. The van der Waals surface area contributed by atoms with E-state index in [0.717, 1.165) is 11.1 Å².